The second kappa shape index (κ2) is 9.33. The highest BCUT2D eigenvalue weighted by atomic mass is 19.1. The minimum Gasteiger partial charge on any atom is -0.346 e. The molecule has 3 aromatic carbocycles. The normalized spacial score (nSPS) is 18.1. The Bertz CT molecular complexity index is 1270. The highest BCUT2D eigenvalue weighted by Crippen LogP contribution is 2.33. The van der Waals surface area contributed by atoms with E-state index in [1.165, 1.54) is 12.1 Å². The minimum atomic E-state index is -0.437. The van der Waals surface area contributed by atoms with E-state index in [9.17, 15) is 18.8 Å². The first-order valence-corrected chi connectivity index (χ1v) is 11.8. The van der Waals surface area contributed by atoms with Gasteiger partial charge in [0.15, 0.2) is 0 Å². The van der Waals surface area contributed by atoms with Crippen LogP contribution >= 0.6 is 0 Å². The number of nitrogens with one attached hydrogen (secondary N) is 1. The number of anilines is 1. The summed E-state index contributed by atoms with van der Waals surface area (Å²) in [6.45, 7) is 2.74. The van der Waals surface area contributed by atoms with E-state index in [1.54, 1.807) is 40.1 Å². The maximum absolute atomic E-state index is 13.4. The lowest BCUT2D eigenvalue weighted by atomic mass is 10.1. The molecule has 1 N–H and O–H groups in total. The summed E-state index contributed by atoms with van der Waals surface area (Å²) in [5.74, 6) is -0.730. The lowest BCUT2D eigenvalue weighted by Crippen LogP contribution is -2.44. The molecule has 2 heterocycles. The average Bonchev–Trinajstić information content (AvgIpc) is 3.35. The van der Waals surface area contributed by atoms with E-state index in [2.05, 4.69) is 5.32 Å². The number of hydrogen-bond acceptors (Lipinski definition) is 3. The van der Waals surface area contributed by atoms with Crippen molar-refractivity contribution in [2.24, 2.45) is 0 Å². The SMILES string of the molecule is C[C@@H](NC(=O)c1ccc(CN2C(=O)[C@@H]3CCCN3C(=O)c3ccccc32)cc1)c1ccc(F)cc1. The van der Waals surface area contributed by atoms with Crippen LogP contribution in [0, 0.1) is 5.82 Å². The van der Waals surface area contributed by atoms with Crippen molar-refractivity contribution in [3.63, 3.8) is 0 Å². The average molecular weight is 472 g/mol. The molecule has 6 nitrogen and oxygen atoms in total. The molecule has 2 atom stereocenters. The highest BCUT2D eigenvalue weighted by Gasteiger charge is 2.41. The van der Waals surface area contributed by atoms with Crippen molar-refractivity contribution in [2.45, 2.75) is 38.4 Å². The van der Waals surface area contributed by atoms with Gasteiger partial charge < -0.3 is 15.1 Å². The van der Waals surface area contributed by atoms with Gasteiger partial charge in [-0.2, -0.15) is 0 Å². The summed E-state index contributed by atoms with van der Waals surface area (Å²) >= 11 is 0. The molecule has 2 aliphatic heterocycles. The highest BCUT2D eigenvalue weighted by molar-refractivity contribution is 6.11. The summed E-state index contributed by atoms with van der Waals surface area (Å²) in [7, 11) is 0. The Labute approximate surface area is 203 Å². The van der Waals surface area contributed by atoms with Crippen LogP contribution in [-0.2, 0) is 11.3 Å². The fraction of sp³-hybridized carbons (Fsp3) is 0.250. The molecule has 178 valence electrons. The molecule has 0 aromatic heterocycles. The largest absolute Gasteiger partial charge is 0.346 e. The number of hydrogen-bond donors (Lipinski definition) is 1. The number of amides is 3. The molecule has 1 fully saturated rings. The number of nitrogens with zero attached hydrogens (tertiary/aromatic N) is 2. The molecule has 3 aromatic rings. The number of para-hydroxylation sites is 1. The summed E-state index contributed by atoms with van der Waals surface area (Å²) in [4.78, 5) is 42.6. The number of benzene rings is 3. The van der Waals surface area contributed by atoms with Crippen LogP contribution in [0.1, 0.15) is 57.7 Å². The molecule has 2 aliphatic rings. The van der Waals surface area contributed by atoms with E-state index < -0.39 is 6.04 Å². The Hall–Kier alpha value is -4.00. The molecule has 0 radical (unpaired) electrons. The zero-order chi connectivity index (χ0) is 24.5. The van der Waals surface area contributed by atoms with Gasteiger partial charge >= 0.3 is 0 Å². The quantitative estimate of drug-likeness (QED) is 0.597. The first-order valence-electron chi connectivity index (χ1n) is 11.8. The van der Waals surface area contributed by atoms with E-state index in [4.69, 9.17) is 0 Å². The number of carbonyl (C=O) groups is 3. The van der Waals surface area contributed by atoms with E-state index in [-0.39, 0.29) is 29.6 Å². The van der Waals surface area contributed by atoms with Crippen molar-refractivity contribution in [3.05, 3.63) is 101 Å². The lowest BCUT2D eigenvalue weighted by Gasteiger charge is -2.26. The fourth-order valence-electron chi connectivity index (χ4n) is 4.83. The third kappa shape index (κ3) is 4.41. The molecule has 1 saturated heterocycles. The Morgan fingerprint density at radius 3 is 2.49 bits per heavy atom. The molecular weight excluding hydrogens is 445 g/mol. The van der Waals surface area contributed by atoms with Crippen LogP contribution in [0.25, 0.3) is 0 Å². The predicted octanol–water partition coefficient (Wildman–Crippen LogP) is 4.47. The Kier molecular flexibility index (Phi) is 6.07. The standard InChI is InChI=1S/C28H26FN3O3/c1-18(20-12-14-22(29)15-13-20)30-26(33)21-10-8-19(9-11-21)17-32-24-6-3-2-5-23(24)27(34)31-16-4-7-25(31)28(32)35/h2-3,5-6,8-15,18,25H,4,7,16-17H2,1H3,(H,30,33)/t18-,25+/m1/s1. The number of rotatable bonds is 5. The third-order valence-corrected chi connectivity index (χ3v) is 6.76. The van der Waals surface area contributed by atoms with Gasteiger partial charge in [-0.25, -0.2) is 4.39 Å². The van der Waals surface area contributed by atoms with Crippen molar-refractivity contribution < 1.29 is 18.8 Å². The summed E-state index contributed by atoms with van der Waals surface area (Å²) in [5.41, 5.74) is 3.31. The summed E-state index contributed by atoms with van der Waals surface area (Å²) in [5, 5.41) is 2.92. The summed E-state index contributed by atoms with van der Waals surface area (Å²) in [6.07, 6.45) is 1.48. The van der Waals surface area contributed by atoms with Crippen LogP contribution < -0.4 is 10.2 Å². The lowest BCUT2D eigenvalue weighted by molar-refractivity contribution is -0.122. The fourth-order valence-corrected chi connectivity index (χ4v) is 4.83. The zero-order valence-electron chi connectivity index (χ0n) is 19.4. The van der Waals surface area contributed by atoms with Crippen molar-refractivity contribution >= 4 is 23.4 Å². The first-order chi connectivity index (χ1) is 16.9. The Morgan fingerprint density at radius 1 is 1.03 bits per heavy atom. The van der Waals surface area contributed by atoms with E-state index in [1.807, 2.05) is 37.3 Å². The summed E-state index contributed by atoms with van der Waals surface area (Å²) < 4.78 is 13.2. The molecule has 5 rings (SSSR count). The number of halogens is 1. The monoisotopic (exact) mass is 471 g/mol. The van der Waals surface area contributed by atoms with E-state index in [0.29, 0.717) is 36.3 Å². The van der Waals surface area contributed by atoms with Crippen molar-refractivity contribution in [3.8, 4) is 0 Å². The van der Waals surface area contributed by atoms with Gasteiger partial charge in [0.1, 0.15) is 11.9 Å². The minimum absolute atomic E-state index is 0.0734. The molecule has 0 aliphatic carbocycles. The van der Waals surface area contributed by atoms with Crippen LogP contribution in [0.15, 0.2) is 72.8 Å². The molecule has 0 saturated carbocycles. The molecular formula is C28H26FN3O3. The first kappa shape index (κ1) is 22.8. The summed E-state index contributed by atoms with van der Waals surface area (Å²) in [6, 6.07) is 19.7. The predicted molar refractivity (Wildman–Crippen MR) is 130 cm³/mol. The molecule has 3 amide bonds. The van der Waals surface area contributed by atoms with Crippen LogP contribution in [0.2, 0.25) is 0 Å². The Morgan fingerprint density at radius 2 is 1.74 bits per heavy atom. The van der Waals surface area contributed by atoms with Crippen LogP contribution in [0.4, 0.5) is 10.1 Å². The molecule has 0 spiro atoms. The van der Waals surface area contributed by atoms with Gasteiger partial charge in [-0.15, -0.1) is 0 Å². The topological polar surface area (TPSA) is 69.7 Å². The third-order valence-electron chi connectivity index (χ3n) is 6.76. The van der Waals surface area contributed by atoms with Crippen molar-refractivity contribution in [2.75, 3.05) is 11.4 Å². The molecule has 0 bridgehead atoms. The van der Waals surface area contributed by atoms with E-state index >= 15 is 0 Å². The second-order valence-electron chi connectivity index (χ2n) is 9.04. The Balaban J connectivity index is 1.33. The smallest absolute Gasteiger partial charge is 0.256 e. The van der Waals surface area contributed by atoms with Crippen LogP contribution in [0.3, 0.4) is 0 Å². The van der Waals surface area contributed by atoms with Gasteiger partial charge in [-0.1, -0.05) is 36.4 Å². The van der Waals surface area contributed by atoms with Gasteiger partial charge in [-0.3, -0.25) is 14.4 Å². The van der Waals surface area contributed by atoms with Gasteiger partial charge in [0.05, 0.1) is 23.8 Å². The van der Waals surface area contributed by atoms with Crippen LogP contribution in [-0.4, -0.2) is 35.2 Å². The van der Waals surface area contributed by atoms with Crippen molar-refractivity contribution in [1.29, 1.82) is 0 Å². The van der Waals surface area contributed by atoms with Gasteiger partial charge in [-0.05, 0) is 67.3 Å². The zero-order valence-corrected chi connectivity index (χ0v) is 19.4. The van der Waals surface area contributed by atoms with E-state index in [0.717, 1.165) is 17.5 Å². The number of carbonyl (C=O) groups excluding carboxylic acids is 3. The van der Waals surface area contributed by atoms with Gasteiger partial charge in [0.25, 0.3) is 11.8 Å². The molecule has 35 heavy (non-hydrogen) atoms. The second-order valence-corrected chi connectivity index (χ2v) is 9.04. The molecule has 7 heteroatoms. The maximum Gasteiger partial charge on any atom is 0.256 e. The van der Waals surface area contributed by atoms with Crippen molar-refractivity contribution in [1.82, 2.24) is 10.2 Å². The van der Waals surface area contributed by atoms with Gasteiger partial charge in [0, 0.05) is 12.1 Å². The molecule has 0 unspecified atom stereocenters. The van der Waals surface area contributed by atoms with Crippen LogP contribution in [0.5, 0.6) is 0 Å². The number of fused-ring (bicyclic) bond motifs is 2. The maximum atomic E-state index is 13.4. The van der Waals surface area contributed by atoms with Gasteiger partial charge in [0.2, 0.25) is 5.91 Å².